The van der Waals surface area contributed by atoms with Gasteiger partial charge in [-0.3, -0.25) is 4.90 Å². The third kappa shape index (κ3) is 5.85. The lowest BCUT2D eigenvalue weighted by atomic mass is 9.75. The molecule has 2 aliphatic rings. The predicted molar refractivity (Wildman–Crippen MR) is 161 cm³/mol. The highest BCUT2D eigenvalue weighted by molar-refractivity contribution is 7.17. The summed E-state index contributed by atoms with van der Waals surface area (Å²) in [4.78, 5) is 20.3. The van der Waals surface area contributed by atoms with Crippen LogP contribution >= 0.6 is 11.3 Å². The highest BCUT2D eigenvalue weighted by Gasteiger charge is 2.31. The lowest BCUT2D eigenvalue weighted by molar-refractivity contribution is 0.0618. The van der Waals surface area contributed by atoms with Crippen molar-refractivity contribution in [2.75, 3.05) is 26.2 Å². The van der Waals surface area contributed by atoms with Crippen LogP contribution in [0, 0.1) is 11.8 Å². The van der Waals surface area contributed by atoms with Gasteiger partial charge in [0.2, 0.25) is 0 Å². The minimum Gasteiger partial charge on any atom is -0.477 e. The molecule has 214 valence electrons. The van der Waals surface area contributed by atoms with Crippen LogP contribution in [0.2, 0.25) is 0 Å². The molecule has 0 saturated heterocycles. The van der Waals surface area contributed by atoms with Gasteiger partial charge in [0.25, 0.3) is 0 Å². The fourth-order valence-corrected chi connectivity index (χ4v) is 7.39. The number of aliphatic hydroxyl groups is 2. The zero-order chi connectivity index (χ0) is 28.5. The van der Waals surface area contributed by atoms with Crippen LogP contribution in [-0.4, -0.2) is 73.1 Å². The number of β-amino-alcohol motifs (C(OH)–C–C–N with tert-alkyl or cyclic N) is 1. The van der Waals surface area contributed by atoms with Gasteiger partial charge in [-0.05, 0) is 54.4 Å². The summed E-state index contributed by atoms with van der Waals surface area (Å²) in [7, 11) is 0. The molecule has 0 bridgehead atoms. The first-order valence-corrected chi connectivity index (χ1v) is 15.2. The first kappa shape index (κ1) is 27.8. The molecule has 3 N–H and O–H groups in total. The monoisotopic (exact) mass is 572 g/mol. The Morgan fingerprint density at radius 3 is 2.59 bits per heavy atom. The molecule has 9 heteroatoms. The van der Waals surface area contributed by atoms with E-state index in [2.05, 4.69) is 21.9 Å². The quantitative estimate of drug-likeness (QED) is 0.257. The number of rotatable bonds is 8. The first-order valence-electron chi connectivity index (χ1n) is 14.4. The number of aromatic carboxylic acids is 1. The number of aliphatic hydroxyl groups excluding tert-OH is 2. The smallest absolute Gasteiger partial charge is 0.346 e. The van der Waals surface area contributed by atoms with E-state index < -0.39 is 12.1 Å². The van der Waals surface area contributed by atoms with Crippen LogP contribution in [0.15, 0.2) is 60.4 Å². The van der Waals surface area contributed by atoms with Crippen molar-refractivity contribution >= 4 is 28.5 Å². The summed E-state index contributed by atoms with van der Waals surface area (Å²) in [6.45, 7) is 3.79. The zero-order valence-electron chi connectivity index (χ0n) is 23.2. The molecule has 3 aromatic heterocycles. The van der Waals surface area contributed by atoms with Crippen molar-refractivity contribution in [1.82, 2.24) is 19.5 Å². The van der Waals surface area contributed by atoms with Crippen molar-refractivity contribution in [3.8, 4) is 21.7 Å². The number of fused-ring (bicyclic) bond motifs is 1. The largest absolute Gasteiger partial charge is 0.477 e. The minimum atomic E-state index is -0.915. The Labute approximate surface area is 243 Å². The third-order valence-electron chi connectivity index (χ3n) is 8.61. The molecule has 1 saturated carbocycles. The van der Waals surface area contributed by atoms with Gasteiger partial charge in [-0.1, -0.05) is 49.6 Å². The van der Waals surface area contributed by atoms with Crippen LogP contribution in [0.5, 0.6) is 0 Å². The molecule has 4 aromatic rings. The highest BCUT2D eigenvalue weighted by Crippen LogP contribution is 2.43. The van der Waals surface area contributed by atoms with Crippen LogP contribution in [-0.2, 0) is 0 Å². The second-order valence-corrected chi connectivity index (χ2v) is 12.5. The molecule has 8 nitrogen and oxygen atoms in total. The van der Waals surface area contributed by atoms with E-state index in [1.165, 1.54) is 29.8 Å². The topological polar surface area (TPSA) is 111 Å². The van der Waals surface area contributed by atoms with Crippen molar-refractivity contribution in [3.05, 3.63) is 70.9 Å². The van der Waals surface area contributed by atoms with E-state index in [4.69, 9.17) is 0 Å². The molecule has 0 radical (unpaired) electrons. The Balaban J connectivity index is 1.35. The van der Waals surface area contributed by atoms with Crippen molar-refractivity contribution in [2.24, 2.45) is 11.8 Å². The van der Waals surface area contributed by atoms with Crippen LogP contribution in [0.3, 0.4) is 0 Å². The average Bonchev–Trinajstić information content (AvgIpc) is 3.63. The molecular formula is C32H36N4O4S. The van der Waals surface area contributed by atoms with E-state index in [1.54, 1.807) is 10.7 Å². The van der Waals surface area contributed by atoms with Gasteiger partial charge in [0, 0.05) is 54.1 Å². The second-order valence-electron chi connectivity index (χ2n) is 11.5. The minimum absolute atomic E-state index is 0.284. The Kier molecular flexibility index (Phi) is 8.03. The fourth-order valence-electron chi connectivity index (χ4n) is 6.36. The van der Waals surface area contributed by atoms with Gasteiger partial charge in [0.05, 0.1) is 18.4 Å². The van der Waals surface area contributed by atoms with E-state index in [-0.39, 0.29) is 6.61 Å². The first-order chi connectivity index (χ1) is 19.9. The number of aromatic nitrogens is 3. The summed E-state index contributed by atoms with van der Waals surface area (Å²) in [6.07, 6.45) is 8.33. The standard InChI is InChI=1S/C32H36N4O4S/c1-20-3-5-21(6-4-20)25-11-14-35(17-24(38)19-37)18-27(25)26-15-29(41-31(26)32(39)40)23-9-7-22(8-10-23)28-16-30-33-12-2-13-36(30)34-28/h2,7-10,12-13,15-16,20-21,24,37-38H,3-6,11,14,17-19H2,1H3,(H,39,40). The summed E-state index contributed by atoms with van der Waals surface area (Å²) in [6, 6.07) is 13.9. The van der Waals surface area contributed by atoms with Gasteiger partial charge in [-0.2, -0.15) is 5.10 Å². The average molecular weight is 573 g/mol. The van der Waals surface area contributed by atoms with Crippen LogP contribution in [0.4, 0.5) is 0 Å². The van der Waals surface area contributed by atoms with Crippen molar-refractivity contribution in [2.45, 2.75) is 45.1 Å². The van der Waals surface area contributed by atoms with E-state index >= 15 is 0 Å². The summed E-state index contributed by atoms with van der Waals surface area (Å²) >= 11 is 1.32. The van der Waals surface area contributed by atoms with Gasteiger partial charge in [0.15, 0.2) is 5.65 Å². The van der Waals surface area contributed by atoms with Crippen LogP contribution in [0.1, 0.15) is 54.3 Å². The van der Waals surface area contributed by atoms with Crippen LogP contribution < -0.4 is 0 Å². The van der Waals surface area contributed by atoms with E-state index in [1.807, 2.05) is 48.7 Å². The number of nitrogens with zero attached hydrogens (tertiary/aromatic N) is 4. The molecular weight excluding hydrogens is 536 g/mol. The molecule has 0 spiro atoms. The number of carboxylic acids is 1. The molecule has 1 fully saturated rings. The van der Waals surface area contributed by atoms with E-state index in [9.17, 15) is 20.1 Å². The number of hydrogen-bond acceptors (Lipinski definition) is 7. The molecule has 1 aliphatic heterocycles. The maximum Gasteiger partial charge on any atom is 0.346 e. The van der Waals surface area contributed by atoms with Gasteiger partial charge in [-0.15, -0.1) is 11.3 Å². The van der Waals surface area contributed by atoms with Gasteiger partial charge in [-0.25, -0.2) is 14.3 Å². The fraction of sp³-hybridized carbons (Fsp3) is 0.406. The molecule has 1 aliphatic carbocycles. The Bertz CT molecular complexity index is 1530. The highest BCUT2D eigenvalue weighted by atomic mass is 32.1. The molecule has 1 aromatic carbocycles. The van der Waals surface area contributed by atoms with Gasteiger partial charge in [0.1, 0.15) is 4.88 Å². The zero-order valence-corrected chi connectivity index (χ0v) is 24.1. The molecule has 6 rings (SSSR count). The van der Waals surface area contributed by atoms with E-state index in [0.29, 0.717) is 23.9 Å². The molecule has 0 amide bonds. The number of carbonyl (C=O) groups is 1. The number of carboxylic acid groups (broad SMARTS) is 1. The molecule has 1 atom stereocenters. The van der Waals surface area contributed by atoms with E-state index in [0.717, 1.165) is 70.2 Å². The molecule has 41 heavy (non-hydrogen) atoms. The lowest BCUT2D eigenvalue weighted by Crippen LogP contribution is -2.39. The summed E-state index contributed by atoms with van der Waals surface area (Å²) in [5, 5.41) is 34.5. The summed E-state index contributed by atoms with van der Waals surface area (Å²) < 4.78 is 1.75. The SMILES string of the molecule is CC1CCC(C2=C(c3cc(-c4ccc(-c5cc6ncccn6n5)cc4)sc3C(=O)O)CN(CC(O)CO)CC2)CC1. The number of hydrogen-bond donors (Lipinski definition) is 3. The normalized spacial score (nSPS) is 21.0. The van der Waals surface area contributed by atoms with Crippen LogP contribution in [0.25, 0.3) is 32.9 Å². The lowest BCUT2D eigenvalue weighted by Gasteiger charge is -2.37. The predicted octanol–water partition coefficient (Wildman–Crippen LogP) is 5.46. The second kappa shape index (κ2) is 11.9. The Morgan fingerprint density at radius 2 is 1.88 bits per heavy atom. The summed E-state index contributed by atoms with van der Waals surface area (Å²) in [5.41, 5.74) is 6.82. The molecule has 1 unspecified atom stereocenters. The summed E-state index contributed by atoms with van der Waals surface area (Å²) in [5.74, 6) is 0.286. The maximum atomic E-state index is 12.5. The van der Waals surface area contributed by atoms with Crippen molar-refractivity contribution < 1.29 is 20.1 Å². The molecule has 4 heterocycles. The maximum absolute atomic E-state index is 12.5. The van der Waals surface area contributed by atoms with Crippen molar-refractivity contribution in [1.29, 1.82) is 0 Å². The third-order valence-corrected chi connectivity index (χ3v) is 9.78. The number of benzene rings is 1. The number of thiophene rings is 1. The Hall–Kier alpha value is -3.37. The van der Waals surface area contributed by atoms with Gasteiger partial charge < -0.3 is 15.3 Å². The van der Waals surface area contributed by atoms with Gasteiger partial charge >= 0.3 is 5.97 Å². The Morgan fingerprint density at radius 1 is 1.12 bits per heavy atom. The van der Waals surface area contributed by atoms with Crippen molar-refractivity contribution in [3.63, 3.8) is 0 Å².